The molecule has 4 nitrogen and oxygen atoms in total. The highest BCUT2D eigenvalue weighted by molar-refractivity contribution is 5.53. The van der Waals surface area contributed by atoms with E-state index in [1.807, 2.05) is 25.3 Å². The van der Waals surface area contributed by atoms with Gasteiger partial charge in [0, 0.05) is 24.8 Å². The van der Waals surface area contributed by atoms with Crippen LogP contribution in [0.4, 0.5) is 5.82 Å². The number of nitrogens with two attached hydrogens (primary N) is 1. The van der Waals surface area contributed by atoms with Crippen LogP contribution in [0.15, 0.2) is 18.3 Å². The average Bonchev–Trinajstić information content (AvgIpc) is 2.47. The van der Waals surface area contributed by atoms with Crippen molar-refractivity contribution < 1.29 is 4.74 Å². The molecule has 1 aliphatic rings. The topological polar surface area (TPSA) is 51.4 Å². The van der Waals surface area contributed by atoms with E-state index in [1.165, 1.54) is 0 Å². The highest BCUT2D eigenvalue weighted by Gasteiger charge is 2.26. The summed E-state index contributed by atoms with van der Waals surface area (Å²) in [6, 6.07) is 4.88. The molecule has 2 N–H and O–H groups in total. The third kappa shape index (κ3) is 3.63. The van der Waals surface area contributed by atoms with Crippen molar-refractivity contribution in [2.24, 2.45) is 5.73 Å². The normalized spacial score (nSPS) is 22.6. The first-order valence-corrected chi connectivity index (χ1v) is 7.86. The van der Waals surface area contributed by atoms with E-state index in [0.29, 0.717) is 18.7 Å². The molecule has 20 heavy (non-hydrogen) atoms. The van der Waals surface area contributed by atoms with E-state index in [-0.39, 0.29) is 0 Å². The van der Waals surface area contributed by atoms with Crippen molar-refractivity contribution >= 4 is 5.82 Å². The van der Waals surface area contributed by atoms with Gasteiger partial charge in [0.25, 0.3) is 0 Å². The zero-order chi connectivity index (χ0) is 14.4. The van der Waals surface area contributed by atoms with E-state index in [4.69, 9.17) is 10.5 Å². The standard InChI is InChI=1S/C16H27N3O/c1-3-12-19(14-9-7-13(17)8-10-14)16-15(20-4-2)6-5-11-18-16/h5-6,11,13-14H,3-4,7-10,12,17H2,1-2H3. The molecule has 0 aromatic carbocycles. The largest absolute Gasteiger partial charge is 0.490 e. The lowest BCUT2D eigenvalue weighted by atomic mass is 9.90. The maximum Gasteiger partial charge on any atom is 0.171 e. The van der Waals surface area contributed by atoms with Gasteiger partial charge in [-0.3, -0.25) is 0 Å². The van der Waals surface area contributed by atoms with Gasteiger partial charge < -0.3 is 15.4 Å². The minimum atomic E-state index is 0.379. The Kier molecular flexibility index (Phi) is 5.65. The van der Waals surface area contributed by atoms with Gasteiger partial charge >= 0.3 is 0 Å². The molecule has 0 radical (unpaired) electrons. The second kappa shape index (κ2) is 7.48. The van der Waals surface area contributed by atoms with E-state index >= 15 is 0 Å². The van der Waals surface area contributed by atoms with Gasteiger partial charge in [0.1, 0.15) is 0 Å². The van der Waals surface area contributed by atoms with Gasteiger partial charge in [0.2, 0.25) is 0 Å². The van der Waals surface area contributed by atoms with Gasteiger partial charge in [0.15, 0.2) is 11.6 Å². The first-order valence-electron chi connectivity index (χ1n) is 7.86. The van der Waals surface area contributed by atoms with Crippen LogP contribution in [-0.2, 0) is 0 Å². The summed E-state index contributed by atoms with van der Waals surface area (Å²) in [5, 5.41) is 0. The summed E-state index contributed by atoms with van der Waals surface area (Å²) in [4.78, 5) is 7.01. The molecule has 0 aliphatic heterocycles. The molecular formula is C16H27N3O. The van der Waals surface area contributed by atoms with Crippen LogP contribution in [0.1, 0.15) is 46.0 Å². The molecule has 4 heteroatoms. The van der Waals surface area contributed by atoms with Crippen LogP contribution in [0.2, 0.25) is 0 Å². The second-order valence-corrected chi connectivity index (χ2v) is 5.52. The Labute approximate surface area is 122 Å². The number of hydrogen-bond acceptors (Lipinski definition) is 4. The summed E-state index contributed by atoms with van der Waals surface area (Å²) >= 11 is 0. The zero-order valence-electron chi connectivity index (χ0n) is 12.7. The highest BCUT2D eigenvalue weighted by atomic mass is 16.5. The van der Waals surface area contributed by atoms with E-state index < -0.39 is 0 Å². The minimum absolute atomic E-state index is 0.379. The van der Waals surface area contributed by atoms with Crippen molar-refractivity contribution in [3.05, 3.63) is 18.3 Å². The van der Waals surface area contributed by atoms with Crippen molar-refractivity contribution in [3.63, 3.8) is 0 Å². The van der Waals surface area contributed by atoms with Gasteiger partial charge in [-0.1, -0.05) is 6.92 Å². The molecule has 112 valence electrons. The Hall–Kier alpha value is -1.29. The third-order valence-corrected chi connectivity index (χ3v) is 3.97. The predicted octanol–water partition coefficient (Wildman–Crippen LogP) is 2.97. The Bertz CT molecular complexity index is 402. The lowest BCUT2D eigenvalue weighted by Crippen LogP contribution is -2.42. The molecule has 1 aromatic rings. The molecule has 1 aromatic heterocycles. The fourth-order valence-electron chi connectivity index (χ4n) is 2.98. The lowest BCUT2D eigenvalue weighted by molar-refractivity contribution is 0.332. The smallest absolute Gasteiger partial charge is 0.171 e. The highest BCUT2D eigenvalue weighted by Crippen LogP contribution is 2.31. The molecule has 0 spiro atoms. The summed E-state index contributed by atoms with van der Waals surface area (Å²) < 4.78 is 5.75. The summed E-state index contributed by atoms with van der Waals surface area (Å²) in [5.41, 5.74) is 6.03. The molecule has 1 aliphatic carbocycles. The molecule has 0 atom stereocenters. The third-order valence-electron chi connectivity index (χ3n) is 3.97. The molecule has 0 unspecified atom stereocenters. The van der Waals surface area contributed by atoms with Crippen molar-refractivity contribution in [1.29, 1.82) is 0 Å². The quantitative estimate of drug-likeness (QED) is 0.868. The van der Waals surface area contributed by atoms with Crippen LogP contribution in [0.3, 0.4) is 0 Å². The number of ether oxygens (including phenoxy) is 1. The maximum atomic E-state index is 6.03. The number of pyridine rings is 1. The van der Waals surface area contributed by atoms with Crippen molar-refractivity contribution in [2.45, 2.75) is 58.0 Å². The lowest BCUT2D eigenvalue weighted by Gasteiger charge is -2.37. The van der Waals surface area contributed by atoms with Crippen LogP contribution < -0.4 is 15.4 Å². The molecular weight excluding hydrogens is 250 g/mol. The molecule has 0 saturated heterocycles. The van der Waals surface area contributed by atoms with Crippen LogP contribution in [0.5, 0.6) is 5.75 Å². The van der Waals surface area contributed by atoms with Crippen LogP contribution >= 0.6 is 0 Å². The number of aromatic nitrogens is 1. The van der Waals surface area contributed by atoms with Crippen LogP contribution in [-0.4, -0.2) is 30.2 Å². The van der Waals surface area contributed by atoms with Gasteiger partial charge in [-0.2, -0.15) is 0 Å². The second-order valence-electron chi connectivity index (χ2n) is 5.52. The monoisotopic (exact) mass is 277 g/mol. The fourth-order valence-corrected chi connectivity index (χ4v) is 2.98. The maximum absolute atomic E-state index is 6.03. The molecule has 0 amide bonds. The van der Waals surface area contributed by atoms with Gasteiger partial charge in [-0.05, 0) is 51.2 Å². The Morgan fingerprint density at radius 1 is 1.30 bits per heavy atom. The van der Waals surface area contributed by atoms with E-state index in [2.05, 4.69) is 16.8 Å². The van der Waals surface area contributed by atoms with Crippen LogP contribution in [0.25, 0.3) is 0 Å². The predicted molar refractivity (Wildman–Crippen MR) is 83.3 cm³/mol. The SMILES string of the molecule is CCCN(c1ncccc1OCC)C1CCC(N)CC1. The van der Waals surface area contributed by atoms with Crippen molar-refractivity contribution in [1.82, 2.24) is 4.98 Å². The number of hydrogen-bond donors (Lipinski definition) is 1. The molecule has 0 bridgehead atoms. The first-order chi connectivity index (χ1) is 9.76. The number of rotatable bonds is 6. The summed E-state index contributed by atoms with van der Waals surface area (Å²) in [6.45, 7) is 5.93. The first kappa shape index (κ1) is 15.1. The Morgan fingerprint density at radius 3 is 2.70 bits per heavy atom. The molecule has 1 heterocycles. The summed E-state index contributed by atoms with van der Waals surface area (Å²) in [6.07, 6.45) is 7.51. The zero-order valence-corrected chi connectivity index (χ0v) is 12.7. The van der Waals surface area contributed by atoms with Crippen molar-refractivity contribution in [3.8, 4) is 5.75 Å². The van der Waals surface area contributed by atoms with Gasteiger partial charge in [0.05, 0.1) is 6.61 Å². The summed E-state index contributed by atoms with van der Waals surface area (Å²) in [7, 11) is 0. The minimum Gasteiger partial charge on any atom is -0.490 e. The van der Waals surface area contributed by atoms with E-state index in [1.54, 1.807) is 0 Å². The van der Waals surface area contributed by atoms with Gasteiger partial charge in [-0.25, -0.2) is 4.98 Å². The van der Waals surface area contributed by atoms with E-state index in [9.17, 15) is 0 Å². The van der Waals surface area contributed by atoms with E-state index in [0.717, 1.165) is 50.2 Å². The molecule has 2 rings (SSSR count). The number of anilines is 1. The number of nitrogens with zero attached hydrogens (tertiary/aromatic N) is 2. The molecule has 1 fully saturated rings. The van der Waals surface area contributed by atoms with Gasteiger partial charge in [-0.15, -0.1) is 0 Å². The van der Waals surface area contributed by atoms with Crippen LogP contribution in [0, 0.1) is 0 Å². The Balaban J connectivity index is 2.19. The summed E-state index contributed by atoms with van der Waals surface area (Å²) in [5.74, 6) is 1.90. The fraction of sp³-hybridized carbons (Fsp3) is 0.688. The average molecular weight is 277 g/mol. The Morgan fingerprint density at radius 2 is 2.05 bits per heavy atom. The van der Waals surface area contributed by atoms with Crippen molar-refractivity contribution in [2.75, 3.05) is 18.1 Å². The molecule has 1 saturated carbocycles.